The van der Waals surface area contributed by atoms with Crippen molar-refractivity contribution in [2.24, 2.45) is 5.41 Å². The molecular weight excluding hydrogens is 306 g/mol. The summed E-state index contributed by atoms with van der Waals surface area (Å²) in [5.74, 6) is -0.0379. The number of nitrogens with one attached hydrogen (secondary N) is 1. The van der Waals surface area contributed by atoms with Crippen molar-refractivity contribution in [3.8, 4) is 0 Å². The van der Waals surface area contributed by atoms with Crippen LogP contribution < -0.4 is 5.32 Å². The van der Waals surface area contributed by atoms with Crippen LogP contribution in [0.15, 0.2) is 28.7 Å². The van der Waals surface area contributed by atoms with Crippen molar-refractivity contribution >= 4 is 28.5 Å². The number of carbonyl (C=O) groups is 1. The largest absolute Gasteiger partial charge is 0.451 e. The summed E-state index contributed by atoms with van der Waals surface area (Å²) in [6, 6.07) is 6.89. The first-order valence-corrected chi connectivity index (χ1v) is 7.66. The summed E-state index contributed by atoms with van der Waals surface area (Å²) in [5, 5.41) is 13.9. The highest BCUT2D eigenvalue weighted by molar-refractivity contribution is 6.31. The second kappa shape index (κ2) is 6.28. The topological polar surface area (TPSA) is 71.7 Å². The van der Waals surface area contributed by atoms with E-state index in [2.05, 4.69) is 5.32 Å². The van der Waals surface area contributed by atoms with Crippen LogP contribution in [0, 0.1) is 5.41 Å². The van der Waals surface area contributed by atoms with E-state index in [1.165, 1.54) is 0 Å². The molecule has 1 aliphatic rings. The van der Waals surface area contributed by atoms with Crippen LogP contribution in [0.4, 0.5) is 0 Å². The van der Waals surface area contributed by atoms with Crippen LogP contribution in [0.5, 0.6) is 0 Å². The van der Waals surface area contributed by atoms with Crippen LogP contribution in [-0.2, 0) is 4.74 Å². The minimum absolute atomic E-state index is 0.0341. The van der Waals surface area contributed by atoms with Crippen molar-refractivity contribution in [2.45, 2.75) is 12.8 Å². The van der Waals surface area contributed by atoms with Crippen LogP contribution in [0.2, 0.25) is 5.02 Å². The molecule has 0 aliphatic carbocycles. The third kappa shape index (κ3) is 3.11. The van der Waals surface area contributed by atoms with Crippen molar-refractivity contribution in [2.75, 3.05) is 26.4 Å². The summed E-state index contributed by atoms with van der Waals surface area (Å²) in [6.45, 7) is 1.66. The van der Waals surface area contributed by atoms with Gasteiger partial charge in [-0.25, -0.2) is 0 Å². The van der Waals surface area contributed by atoms with E-state index in [1.54, 1.807) is 24.3 Å². The van der Waals surface area contributed by atoms with Crippen molar-refractivity contribution in [1.82, 2.24) is 5.32 Å². The standard InChI is InChI=1S/C16H18ClNO4/c17-12-1-2-13-11(7-12)8-14(22-13)15(20)18-9-16(10-19)3-5-21-6-4-16/h1-2,7-8,19H,3-6,9-10H2,(H,18,20). The van der Waals surface area contributed by atoms with Crippen LogP contribution in [0.3, 0.4) is 0 Å². The molecule has 1 amide bonds. The second-order valence-electron chi connectivity index (χ2n) is 5.75. The Morgan fingerprint density at radius 3 is 2.82 bits per heavy atom. The third-order valence-electron chi connectivity index (χ3n) is 4.21. The number of halogens is 1. The minimum atomic E-state index is -0.302. The Morgan fingerprint density at radius 2 is 2.09 bits per heavy atom. The lowest BCUT2D eigenvalue weighted by molar-refractivity contribution is -0.0147. The Balaban J connectivity index is 1.70. The summed E-state index contributed by atoms with van der Waals surface area (Å²) in [5.41, 5.74) is 0.320. The molecule has 0 bridgehead atoms. The van der Waals surface area contributed by atoms with Crippen molar-refractivity contribution in [3.05, 3.63) is 35.0 Å². The molecule has 5 nitrogen and oxygen atoms in total. The number of carbonyl (C=O) groups excluding carboxylic acids is 1. The Labute approximate surface area is 133 Å². The number of fused-ring (bicyclic) bond motifs is 1. The van der Waals surface area contributed by atoms with Gasteiger partial charge in [-0.3, -0.25) is 4.79 Å². The Bertz CT molecular complexity index is 676. The van der Waals surface area contributed by atoms with Gasteiger partial charge in [0, 0.05) is 35.6 Å². The molecule has 2 N–H and O–H groups in total. The molecule has 1 aromatic carbocycles. The molecule has 1 aromatic heterocycles. The average molecular weight is 324 g/mol. The zero-order chi connectivity index (χ0) is 15.6. The van der Waals surface area contributed by atoms with Gasteiger partial charge in [0.15, 0.2) is 5.76 Å². The highest BCUT2D eigenvalue weighted by atomic mass is 35.5. The van der Waals surface area contributed by atoms with Crippen LogP contribution >= 0.6 is 11.6 Å². The molecule has 118 valence electrons. The number of hydrogen-bond acceptors (Lipinski definition) is 4. The highest BCUT2D eigenvalue weighted by Gasteiger charge is 2.32. The number of aliphatic hydroxyl groups is 1. The van der Waals surface area contributed by atoms with Gasteiger partial charge in [0.05, 0.1) is 6.61 Å². The monoisotopic (exact) mass is 323 g/mol. The zero-order valence-corrected chi connectivity index (χ0v) is 12.9. The summed E-state index contributed by atoms with van der Waals surface area (Å²) in [7, 11) is 0. The molecule has 3 rings (SSSR count). The summed E-state index contributed by atoms with van der Waals surface area (Å²) < 4.78 is 10.8. The van der Waals surface area contributed by atoms with E-state index >= 15 is 0 Å². The maximum absolute atomic E-state index is 12.2. The first-order valence-electron chi connectivity index (χ1n) is 7.28. The molecule has 1 fully saturated rings. The summed E-state index contributed by atoms with van der Waals surface area (Å²) in [4.78, 5) is 12.2. The normalized spacial score (nSPS) is 17.5. The molecule has 2 heterocycles. The van der Waals surface area contributed by atoms with Crippen LogP contribution in [0.25, 0.3) is 11.0 Å². The molecule has 0 unspecified atom stereocenters. The van der Waals surface area contributed by atoms with E-state index in [-0.39, 0.29) is 23.7 Å². The van der Waals surface area contributed by atoms with Gasteiger partial charge in [0.1, 0.15) is 5.58 Å². The molecule has 6 heteroatoms. The predicted molar refractivity (Wildman–Crippen MR) is 83.1 cm³/mol. The Hall–Kier alpha value is -1.56. The first-order chi connectivity index (χ1) is 10.6. The number of furan rings is 1. The third-order valence-corrected chi connectivity index (χ3v) is 4.45. The summed E-state index contributed by atoms with van der Waals surface area (Å²) in [6.07, 6.45) is 1.47. The first kappa shape index (κ1) is 15.3. The second-order valence-corrected chi connectivity index (χ2v) is 6.18. The molecule has 1 aliphatic heterocycles. The number of rotatable bonds is 4. The fourth-order valence-electron chi connectivity index (χ4n) is 2.68. The van der Waals surface area contributed by atoms with E-state index in [4.69, 9.17) is 20.8 Å². The Morgan fingerprint density at radius 1 is 1.32 bits per heavy atom. The van der Waals surface area contributed by atoms with Gasteiger partial charge in [0.2, 0.25) is 0 Å². The molecular formula is C16H18ClNO4. The smallest absolute Gasteiger partial charge is 0.287 e. The van der Waals surface area contributed by atoms with Crippen molar-refractivity contribution in [1.29, 1.82) is 0 Å². The van der Waals surface area contributed by atoms with Gasteiger partial charge in [-0.15, -0.1) is 0 Å². The van der Waals surface area contributed by atoms with Gasteiger partial charge in [-0.1, -0.05) is 11.6 Å². The van der Waals surface area contributed by atoms with E-state index in [9.17, 15) is 9.90 Å². The fourth-order valence-corrected chi connectivity index (χ4v) is 2.86. The molecule has 22 heavy (non-hydrogen) atoms. The number of aliphatic hydroxyl groups excluding tert-OH is 1. The van der Waals surface area contributed by atoms with Crippen LogP contribution in [0.1, 0.15) is 23.4 Å². The number of hydrogen-bond donors (Lipinski definition) is 2. The van der Waals surface area contributed by atoms with Crippen molar-refractivity contribution in [3.63, 3.8) is 0 Å². The quantitative estimate of drug-likeness (QED) is 0.907. The fraction of sp³-hybridized carbons (Fsp3) is 0.438. The SMILES string of the molecule is O=C(NCC1(CO)CCOCC1)c1cc2cc(Cl)ccc2o1. The molecule has 1 saturated heterocycles. The molecule has 2 aromatic rings. The minimum Gasteiger partial charge on any atom is -0.451 e. The Kier molecular flexibility index (Phi) is 4.38. The van der Waals surface area contributed by atoms with E-state index in [1.807, 2.05) is 0 Å². The predicted octanol–water partition coefficient (Wildman–Crippen LogP) is 2.61. The van der Waals surface area contributed by atoms with Gasteiger partial charge in [0.25, 0.3) is 5.91 Å². The number of benzene rings is 1. The molecule has 0 spiro atoms. The van der Waals surface area contributed by atoms with Crippen LogP contribution in [-0.4, -0.2) is 37.4 Å². The van der Waals surface area contributed by atoms with Gasteiger partial charge in [-0.05, 0) is 37.1 Å². The van der Waals surface area contributed by atoms with E-state index in [0.29, 0.717) is 30.4 Å². The molecule has 0 saturated carbocycles. The van der Waals surface area contributed by atoms with Gasteiger partial charge < -0.3 is 19.6 Å². The van der Waals surface area contributed by atoms with Gasteiger partial charge >= 0.3 is 0 Å². The lowest BCUT2D eigenvalue weighted by Crippen LogP contribution is -2.43. The van der Waals surface area contributed by atoms with Crippen molar-refractivity contribution < 1.29 is 19.1 Å². The zero-order valence-electron chi connectivity index (χ0n) is 12.1. The lowest BCUT2D eigenvalue weighted by Gasteiger charge is -2.35. The molecule has 0 radical (unpaired) electrons. The van der Waals surface area contributed by atoms with E-state index in [0.717, 1.165) is 18.2 Å². The maximum atomic E-state index is 12.2. The molecule has 0 atom stereocenters. The number of amides is 1. The van der Waals surface area contributed by atoms with E-state index < -0.39 is 0 Å². The maximum Gasteiger partial charge on any atom is 0.287 e. The lowest BCUT2D eigenvalue weighted by atomic mass is 9.81. The van der Waals surface area contributed by atoms with Gasteiger partial charge in [-0.2, -0.15) is 0 Å². The average Bonchev–Trinajstić information content (AvgIpc) is 2.96. The highest BCUT2D eigenvalue weighted by Crippen LogP contribution is 2.29. The summed E-state index contributed by atoms with van der Waals surface area (Å²) >= 11 is 5.93. The number of ether oxygens (including phenoxy) is 1.